The standard InChI is InChI=1S/C14H19NO3/c1-10(2)9-18-7-6-15-13-5-4-12(14(16)17)8-11(13)3/h4-5,8,15H,1,6-7,9H2,2-3H3,(H,16,17). The van der Waals surface area contributed by atoms with Crippen molar-refractivity contribution in [1.29, 1.82) is 0 Å². The first-order chi connectivity index (χ1) is 8.50. The van der Waals surface area contributed by atoms with Gasteiger partial charge in [-0.25, -0.2) is 4.79 Å². The van der Waals surface area contributed by atoms with Crippen LogP contribution in [0.3, 0.4) is 0 Å². The number of carbonyl (C=O) groups is 1. The molecule has 0 aromatic heterocycles. The third-order valence-corrected chi connectivity index (χ3v) is 2.38. The van der Waals surface area contributed by atoms with Crippen molar-refractivity contribution >= 4 is 11.7 Å². The highest BCUT2D eigenvalue weighted by Crippen LogP contribution is 2.16. The molecule has 4 nitrogen and oxygen atoms in total. The van der Waals surface area contributed by atoms with Gasteiger partial charge in [0.2, 0.25) is 0 Å². The number of aryl methyl sites for hydroxylation is 1. The van der Waals surface area contributed by atoms with E-state index in [4.69, 9.17) is 9.84 Å². The maximum Gasteiger partial charge on any atom is 0.335 e. The van der Waals surface area contributed by atoms with Crippen LogP contribution in [0.4, 0.5) is 5.69 Å². The second-order valence-corrected chi connectivity index (χ2v) is 4.27. The fraction of sp³-hybridized carbons (Fsp3) is 0.357. The second-order valence-electron chi connectivity index (χ2n) is 4.27. The smallest absolute Gasteiger partial charge is 0.335 e. The summed E-state index contributed by atoms with van der Waals surface area (Å²) in [6.07, 6.45) is 0. The minimum Gasteiger partial charge on any atom is -0.478 e. The summed E-state index contributed by atoms with van der Waals surface area (Å²) < 4.78 is 5.36. The van der Waals surface area contributed by atoms with Crippen LogP contribution in [0.15, 0.2) is 30.4 Å². The van der Waals surface area contributed by atoms with Crippen LogP contribution in [0.2, 0.25) is 0 Å². The molecule has 4 heteroatoms. The van der Waals surface area contributed by atoms with Gasteiger partial charge < -0.3 is 15.2 Å². The van der Waals surface area contributed by atoms with Gasteiger partial charge in [0.25, 0.3) is 0 Å². The van der Waals surface area contributed by atoms with E-state index >= 15 is 0 Å². The Hall–Kier alpha value is -1.81. The van der Waals surface area contributed by atoms with Crippen molar-refractivity contribution in [2.45, 2.75) is 13.8 Å². The molecule has 0 amide bonds. The lowest BCUT2D eigenvalue weighted by atomic mass is 10.1. The van der Waals surface area contributed by atoms with E-state index in [0.717, 1.165) is 16.8 Å². The summed E-state index contributed by atoms with van der Waals surface area (Å²) in [5, 5.41) is 12.1. The monoisotopic (exact) mass is 249 g/mol. The van der Waals surface area contributed by atoms with Crippen LogP contribution in [0.1, 0.15) is 22.8 Å². The molecule has 0 saturated heterocycles. The SMILES string of the molecule is C=C(C)COCCNc1ccc(C(=O)O)cc1C. The molecule has 0 aliphatic rings. The molecule has 18 heavy (non-hydrogen) atoms. The fourth-order valence-electron chi connectivity index (χ4n) is 1.50. The van der Waals surface area contributed by atoms with Gasteiger partial charge >= 0.3 is 5.97 Å². The summed E-state index contributed by atoms with van der Waals surface area (Å²) in [5.74, 6) is -0.908. The van der Waals surface area contributed by atoms with Crippen LogP contribution in [0.25, 0.3) is 0 Å². The molecule has 0 saturated carbocycles. The van der Waals surface area contributed by atoms with Crippen molar-refractivity contribution in [1.82, 2.24) is 0 Å². The molecule has 0 atom stereocenters. The molecule has 98 valence electrons. The Morgan fingerprint density at radius 1 is 1.50 bits per heavy atom. The highest BCUT2D eigenvalue weighted by atomic mass is 16.5. The Morgan fingerprint density at radius 2 is 2.22 bits per heavy atom. The molecule has 0 bridgehead atoms. The highest BCUT2D eigenvalue weighted by Gasteiger charge is 2.04. The van der Waals surface area contributed by atoms with Crippen molar-refractivity contribution < 1.29 is 14.6 Å². The maximum atomic E-state index is 10.8. The van der Waals surface area contributed by atoms with Gasteiger partial charge in [0.1, 0.15) is 0 Å². The number of anilines is 1. The van der Waals surface area contributed by atoms with Crippen molar-refractivity contribution in [2.24, 2.45) is 0 Å². The Kier molecular flexibility index (Phi) is 5.39. The molecule has 0 fully saturated rings. The Bertz CT molecular complexity index is 441. The van der Waals surface area contributed by atoms with Crippen LogP contribution in [-0.4, -0.2) is 30.8 Å². The molecule has 0 unspecified atom stereocenters. The fourth-order valence-corrected chi connectivity index (χ4v) is 1.50. The van der Waals surface area contributed by atoms with E-state index in [0.29, 0.717) is 25.3 Å². The van der Waals surface area contributed by atoms with Crippen LogP contribution < -0.4 is 5.32 Å². The first kappa shape index (κ1) is 14.3. The lowest BCUT2D eigenvalue weighted by Crippen LogP contribution is -2.11. The molecule has 1 aromatic rings. The number of benzene rings is 1. The zero-order valence-corrected chi connectivity index (χ0v) is 10.8. The second kappa shape index (κ2) is 6.81. The van der Waals surface area contributed by atoms with E-state index in [9.17, 15) is 4.79 Å². The van der Waals surface area contributed by atoms with Crippen LogP contribution in [0.5, 0.6) is 0 Å². The molecule has 0 heterocycles. The quantitative estimate of drug-likeness (QED) is 0.576. The summed E-state index contributed by atoms with van der Waals surface area (Å²) in [4.78, 5) is 10.8. The lowest BCUT2D eigenvalue weighted by Gasteiger charge is -2.10. The molecule has 1 aromatic carbocycles. The molecule has 0 radical (unpaired) electrons. The number of hydrogen-bond donors (Lipinski definition) is 2. The average molecular weight is 249 g/mol. The number of aromatic carboxylic acids is 1. The minimum atomic E-state index is -0.908. The zero-order valence-electron chi connectivity index (χ0n) is 10.8. The Morgan fingerprint density at radius 3 is 2.78 bits per heavy atom. The van der Waals surface area contributed by atoms with Crippen molar-refractivity contribution in [3.05, 3.63) is 41.5 Å². The van der Waals surface area contributed by atoms with Crippen LogP contribution in [0, 0.1) is 6.92 Å². The van der Waals surface area contributed by atoms with E-state index in [-0.39, 0.29) is 0 Å². The first-order valence-electron chi connectivity index (χ1n) is 5.80. The number of carboxylic acid groups (broad SMARTS) is 1. The predicted octanol–water partition coefficient (Wildman–Crippen LogP) is 2.70. The summed E-state index contributed by atoms with van der Waals surface area (Å²) in [5.41, 5.74) is 3.14. The normalized spacial score (nSPS) is 10.1. The summed E-state index contributed by atoms with van der Waals surface area (Å²) in [7, 11) is 0. The van der Waals surface area contributed by atoms with Gasteiger partial charge in [-0.05, 0) is 37.6 Å². The van der Waals surface area contributed by atoms with Gasteiger partial charge in [0.15, 0.2) is 0 Å². The number of nitrogens with one attached hydrogen (secondary N) is 1. The molecule has 1 rings (SSSR count). The maximum absolute atomic E-state index is 10.8. The van der Waals surface area contributed by atoms with Gasteiger partial charge in [-0.1, -0.05) is 12.2 Å². The summed E-state index contributed by atoms with van der Waals surface area (Å²) in [6.45, 7) is 9.39. The molecule has 2 N–H and O–H groups in total. The molecule has 0 aliphatic carbocycles. The number of rotatable bonds is 7. The van der Waals surface area contributed by atoms with E-state index in [1.165, 1.54) is 0 Å². The van der Waals surface area contributed by atoms with Gasteiger partial charge in [0, 0.05) is 12.2 Å². The minimum absolute atomic E-state index is 0.302. The van der Waals surface area contributed by atoms with Gasteiger partial charge in [-0.3, -0.25) is 0 Å². The summed E-state index contributed by atoms with van der Waals surface area (Å²) >= 11 is 0. The number of carboxylic acids is 1. The Labute approximate surface area is 107 Å². The van der Waals surface area contributed by atoms with Crippen molar-refractivity contribution in [3.8, 4) is 0 Å². The van der Waals surface area contributed by atoms with Crippen LogP contribution in [-0.2, 0) is 4.74 Å². The van der Waals surface area contributed by atoms with Gasteiger partial charge in [0.05, 0.1) is 18.8 Å². The van der Waals surface area contributed by atoms with E-state index < -0.39 is 5.97 Å². The lowest BCUT2D eigenvalue weighted by molar-refractivity contribution is 0.0697. The molecule has 0 aliphatic heterocycles. The average Bonchev–Trinajstić information content (AvgIpc) is 2.29. The van der Waals surface area contributed by atoms with Gasteiger partial charge in [-0.15, -0.1) is 0 Å². The summed E-state index contributed by atoms with van der Waals surface area (Å²) in [6, 6.07) is 5.02. The van der Waals surface area contributed by atoms with E-state index in [1.54, 1.807) is 18.2 Å². The van der Waals surface area contributed by atoms with Gasteiger partial charge in [-0.2, -0.15) is 0 Å². The molecular weight excluding hydrogens is 230 g/mol. The van der Waals surface area contributed by atoms with E-state index in [2.05, 4.69) is 11.9 Å². The van der Waals surface area contributed by atoms with Crippen molar-refractivity contribution in [3.63, 3.8) is 0 Å². The molecule has 0 spiro atoms. The number of ether oxygens (including phenoxy) is 1. The third-order valence-electron chi connectivity index (χ3n) is 2.38. The Balaban J connectivity index is 2.43. The third kappa shape index (κ3) is 4.59. The molecular formula is C14H19NO3. The predicted molar refractivity (Wildman–Crippen MR) is 72.3 cm³/mol. The van der Waals surface area contributed by atoms with Crippen molar-refractivity contribution in [2.75, 3.05) is 25.1 Å². The largest absolute Gasteiger partial charge is 0.478 e. The number of hydrogen-bond acceptors (Lipinski definition) is 3. The topological polar surface area (TPSA) is 58.6 Å². The van der Waals surface area contributed by atoms with E-state index in [1.807, 2.05) is 13.8 Å². The first-order valence-corrected chi connectivity index (χ1v) is 5.80. The highest BCUT2D eigenvalue weighted by molar-refractivity contribution is 5.88. The zero-order chi connectivity index (χ0) is 13.5. The van der Waals surface area contributed by atoms with Crippen LogP contribution >= 0.6 is 0 Å².